The molecule has 2 fully saturated rings. The van der Waals surface area contributed by atoms with Crippen molar-refractivity contribution in [1.82, 2.24) is 5.32 Å². The molecule has 0 radical (unpaired) electrons. The summed E-state index contributed by atoms with van der Waals surface area (Å²) in [4.78, 5) is 2.50. The van der Waals surface area contributed by atoms with Gasteiger partial charge in [0, 0.05) is 37.5 Å². The van der Waals surface area contributed by atoms with Crippen LogP contribution in [0.5, 0.6) is 0 Å². The van der Waals surface area contributed by atoms with Crippen LogP contribution in [-0.4, -0.2) is 36.9 Å². The fraction of sp³-hybridized carbons (Fsp3) is 0.667. The molecule has 1 saturated heterocycles. The number of aliphatic hydroxyl groups is 1. The van der Waals surface area contributed by atoms with Gasteiger partial charge in [0.25, 0.3) is 0 Å². The van der Waals surface area contributed by atoms with Crippen molar-refractivity contribution in [2.75, 3.05) is 24.6 Å². The summed E-state index contributed by atoms with van der Waals surface area (Å²) in [5.41, 5.74) is 2.60. The Morgan fingerprint density at radius 2 is 1.67 bits per heavy atom. The molecule has 21 heavy (non-hydrogen) atoms. The molecule has 1 heterocycles. The van der Waals surface area contributed by atoms with Crippen molar-refractivity contribution in [3.63, 3.8) is 0 Å². The van der Waals surface area contributed by atoms with Gasteiger partial charge in [-0.05, 0) is 43.7 Å². The molecule has 3 rings (SSSR count). The molecule has 2 aliphatic rings. The van der Waals surface area contributed by atoms with Gasteiger partial charge >= 0.3 is 0 Å². The van der Waals surface area contributed by atoms with E-state index >= 15 is 0 Å². The first-order valence-electron chi connectivity index (χ1n) is 8.56. The third-order valence-corrected chi connectivity index (χ3v) is 5.03. The van der Waals surface area contributed by atoms with Gasteiger partial charge in [-0.15, -0.1) is 0 Å². The number of benzene rings is 1. The Kier molecular flexibility index (Phi) is 5.15. The predicted molar refractivity (Wildman–Crippen MR) is 87.9 cm³/mol. The van der Waals surface area contributed by atoms with Gasteiger partial charge < -0.3 is 15.3 Å². The van der Waals surface area contributed by atoms with Gasteiger partial charge in [0.15, 0.2) is 0 Å². The van der Waals surface area contributed by atoms with E-state index in [0.29, 0.717) is 6.04 Å². The molecule has 116 valence electrons. The average Bonchev–Trinajstić information content (AvgIpc) is 3.02. The highest BCUT2D eigenvalue weighted by Gasteiger charge is 2.24. The van der Waals surface area contributed by atoms with Crippen LogP contribution >= 0.6 is 0 Å². The molecule has 0 atom stereocenters. The Morgan fingerprint density at radius 1 is 1.00 bits per heavy atom. The van der Waals surface area contributed by atoms with E-state index in [9.17, 15) is 5.11 Å². The summed E-state index contributed by atoms with van der Waals surface area (Å²) in [5.74, 6) is 0. The van der Waals surface area contributed by atoms with Crippen molar-refractivity contribution in [1.29, 1.82) is 0 Å². The maximum atomic E-state index is 9.22. The first kappa shape index (κ1) is 14.9. The van der Waals surface area contributed by atoms with E-state index in [0.717, 1.165) is 25.6 Å². The number of nitrogens with one attached hydrogen (secondary N) is 1. The molecule has 0 aromatic heterocycles. The fourth-order valence-electron chi connectivity index (χ4n) is 3.86. The lowest BCUT2D eigenvalue weighted by Crippen LogP contribution is -2.45. The van der Waals surface area contributed by atoms with Gasteiger partial charge in [0.1, 0.15) is 0 Å². The topological polar surface area (TPSA) is 35.5 Å². The van der Waals surface area contributed by atoms with Crippen LogP contribution < -0.4 is 10.2 Å². The number of nitrogens with zero attached hydrogens (tertiary/aromatic N) is 1. The van der Waals surface area contributed by atoms with Gasteiger partial charge in [-0.25, -0.2) is 0 Å². The van der Waals surface area contributed by atoms with Crippen molar-refractivity contribution < 1.29 is 5.11 Å². The zero-order valence-electron chi connectivity index (χ0n) is 12.9. The second-order valence-corrected chi connectivity index (χ2v) is 6.51. The molecular formula is C18H28N2O. The van der Waals surface area contributed by atoms with Crippen LogP contribution in [0.2, 0.25) is 0 Å². The first-order valence-corrected chi connectivity index (χ1v) is 8.56. The van der Waals surface area contributed by atoms with Gasteiger partial charge in [0.05, 0.1) is 0 Å². The van der Waals surface area contributed by atoms with E-state index < -0.39 is 0 Å². The number of aliphatic hydroxyl groups excluding tert-OH is 1. The predicted octanol–water partition coefficient (Wildman–Crippen LogP) is 2.72. The summed E-state index contributed by atoms with van der Waals surface area (Å²) in [6.07, 6.45) is 8.81. The summed E-state index contributed by atoms with van der Waals surface area (Å²) in [5, 5.41) is 13.1. The standard InChI is InChI=1S/C18H28N2O/c21-14-11-15-5-1-4-8-18(15)20-12-9-17(10-13-20)19-16-6-2-3-7-16/h1,4-5,8,16-17,19,21H,2-3,6-7,9-14H2. The van der Waals surface area contributed by atoms with Gasteiger partial charge in [-0.3, -0.25) is 0 Å². The molecule has 0 unspecified atom stereocenters. The number of para-hydroxylation sites is 1. The number of anilines is 1. The van der Waals surface area contributed by atoms with Crippen LogP contribution in [0.25, 0.3) is 0 Å². The summed E-state index contributed by atoms with van der Waals surface area (Å²) in [7, 11) is 0. The molecule has 1 aliphatic carbocycles. The molecular weight excluding hydrogens is 260 g/mol. The average molecular weight is 288 g/mol. The van der Waals surface area contributed by atoms with E-state index in [1.165, 1.54) is 49.8 Å². The fourth-order valence-corrected chi connectivity index (χ4v) is 3.86. The van der Waals surface area contributed by atoms with Crippen LogP contribution in [0.15, 0.2) is 24.3 Å². The lowest BCUT2D eigenvalue weighted by molar-refractivity contribution is 0.299. The molecule has 0 amide bonds. The number of hydrogen-bond acceptors (Lipinski definition) is 3. The monoisotopic (exact) mass is 288 g/mol. The number of piperidine rings is 1. The summed E-state index contributed by atoms with van der Waals surface area (Å²) < 4.78 is 0. The highest BCUT2D eigenvalue weighted by Crippen LogP contribution is 2.26. The highest BCUT2D eigenvalue weighted by atomic mass is 16.2. The third-order valence-electron chi connectivity index (χ3n) is 5.03. The molecule has 0 bridgehead atoms. The maximum Gasteiger partial charge on any atom is 0.0472 e. The second-order valence-electron chi connectivity index (χ2n) is 6.51. The normalized spacial score (nSPS) is 21.1. The maximum absolute atomic E-state index is 9.22. The number of hydrogen-bond donors (Lipinski definition) is 2. The zero-order valence-corrected chi connectivity index (χ0v) is 12.9. The van der Waals surface area contributed by atoms with Crippen LogP contribution in [-0.2, 0) is 6.42 Å². The first-order chi connectivity index (χ1) is 10.4. The Balaban J connectivity index is 1.55. The lowest BCUT2D eigenvalue weighted by atomic mass is 10.0. The van der Waals surface area contributed by atoms with E-state index in [4.69, 9.17) is 0 Å². The Hall–Kier alpha value is -1.06. The van der Waals surface area contributed by atoms with E-state index in [2.05, 4.69) is 34.5 Å². The van der Waals surface area contributed by atoms with Crippen LogP contribution in [0.3, 0.4) is 0 Å². The molecule has 3 nitrogen and oxygen atoms in total. The van der Waals surface area contributed by atoms with E-state index in [1.807, 2.05) is 0 Å². The molecule has 0 spiro atoms. The molecule has 1 aliphatic heterocycles. The van der Waals surface area contributed by atoms with Crippen LogP contribution in [0.4, 0.5) is 5.69 Å². The molecule has 1 saturated carbocycles. The van der Waals surface area contributed by atoms with Gasteiger partial charge in [-0.2, -0.15) is 0 Å². The van der Waals surface area contributed by atoms with Crippen molar-refractivity contribution >= 4 is 5.69 Å². The van der Waals surface area contributed by atoms with Crippen molar-refractivity contribution in [3.05, 3.63) is 29.8 Å². The smallest absolute Gasteiger partial charge is 0.0472 e. The van der Waals surface area contributed by atoms with E-state index in [1.54, 1.807) is 0 Å². The van der Waals surface area contributed by atoms with Gasteiger partial charge in [-0.1, -0.05) is 31.0 Å². The van der Waals surface area contributed by atoms with Gasteiger partial charge in [0.2, 0.25) is 0 Å². The quantitative estimate of drug-likeness (QED) is 0.874. The minimum atomic E-state index is 0.233. The summed E-state index contributed by atoms with van der Waals surface area (Å²) in [6, 6.07) is 10.0. The molecule has 2 N–H and O–H groups in total. The third kappa shape index (κ3) is 3.78. The minimum Gasteiger partial charge on any atom is -0.396 e. The Morgan fingerprint density at radius 3 is 2.38 bits per heavy atom. The SMILES string of the molecule is OCCc1ccccc1N1CCC(NC2CCCC2)CC1. The molecule has 3 heteroatoms. The van der Waals surface area contributed by atoms with Crippen molar-refractivity contribution in [3.8, 4) is 0 Å². The lowest BCUT2D eigenvalue weighted by Gasteiger charge is -2.36. The highest BCUT2D eigenvalue weighted by molar-refractivity contribution is 5.54. The largest absolute Gasteiger partial charge is 0.396 e. The minimum absolute atomic E-state index is 0.233. The van der Waals surface area contributed by atoms with Crippen LogP contribution in [0, 0.1) is 0 Å². The summed E-state index contributed by atoms with van der Waals surface area (Å²) in [6.45, 7) is 2.50. The zero-order chi connectivity index (χ0) is 14.5. The molecule has 1 aromatic rings. The number of rotatable bonds is 5. The second kappa shape index (κ2) is 7.28. The van der Waals surface area contributed by atoms with Crippen LogP contribution in [0.1, 0.15) is 44.1 Å². The van der Waals surface area contributed by atoms with Crippen molar-refractivity contribution in [2.24, 2.45) is 0 Å². The molecule has 1 aromatic carbocycles. The summed E-state index contributed by atoms with van der Waals surface area (Å²) >= 11 is 0. The Bertz CT molecular complexity index is 435. The Labute approximate surface area is 128 Å². The van der Waals surface area contributed by atoms with E-state index in [-0.39, 0.29) is 6.61 Å². The van der Waals surface area contributed by atoms with Crippen molar-refractivity contribution in [2.45, 2.75) is 57.0 Å².